The third-order valence-corrected chi connectivity index (χ3v) is 7.38. The summed E-state index contributed by atoms with van der Waals surface area (Å²) in [4.78, 5) is 9.56. The number of hydrogen-bond donors (Lipinski definition) is 1. The molecule has 0 bridgehead atoms. The first kappa shape index (κ1) is 19.5. The van der Waals surface area contributed by atoms with Crippen molar-refractivity contribution >= 4 is 37.4 Å². The van der Waals surface area contributed by atoms with Crippen LogP contribution in [0.5, 0.6) is 0 Å². The van der Waals surface area contributed by atoms with E-state index < -0.39 is 10.0 Å². The maximum atomic E-state index is 13.1. The number of sulfonamides is 1. The lowest BCUT2D eigenvalue weighted by atomic mass is 10.0. The summed E-state index contributed by atoms with van der Waals surface area (Å²) in [5.41, 5.74) is 6.05. The van der Waals surface area contributed by atoms with Crippen LogP contribution in [0.4, 0.5) is 5.82 Å². The topological polar surface area (TPSA) is 72.0 Å². The van der Waals surface area contributed by atoms with Gasteiger partial charge < -0.3 is 0 Å². The van der Waals surface area contributed by atoms with E-state index in [1.54, 1.807) is 12.1 Å². The Hall–Kier alpha value is -2.77. The molecule has 0 fully saturated rings. The van der Waals surface area contributed by atoms with Gasteiger partial charge in [-0.25, -0.2) is 18.4 Å². The highest BCUT2D eigenvalue weighted by molar-refractivity contribution is 7.92. The second-order valence-corrected chi connectivity index (χ2v) is 9.75. The van der Waals surface area contributed by atoms with Crippen LogP contribution >= 0.6 is 11.3 Å². The van der Waals surface area contributed by atoms with Gasteiger partial charge in [0.05, 0.1) is 10.3 Å². The molecule has 4 rings (SSSR count). The zero-order chi connectivity index (χ0) is 20.8. The zero-order valence-corrected chi connectivity index (χ0v) is 18.3. The third kappa shape index (κ3) is 3.63. The van der Waals surface area contributed by atoms with E-state index in [0.717, 1.165) is 38.2 Å². The van der Waals surface area contributed by atoms with Gasteiger partial charge in [0.2, 0.25) is 0 Å². The minimum atomic E-state index is -3.79. The summed E-state index contributed by atoms with van der Waals surface area (Å²) in [6.45, 7) is 7.85. The molecule has 0 aliphatic rings. The van der Waals surface area contributed by atoms with Crippen molar-refractivity contribution in [3.05, 3.63) is 70.4 Å². The number of benzene rings is 2. The van der Waals surface area contributed by atoms with Gasteiger partial charge in [-0.3, -0.25) is 4.72 Å². The summed E-state index contributed by atoms with van der Waals surface area (Å²) in [7, 11) is -3.79. The van der Waals surface area contributed by atoms with Crippen molar-refractivity contribution in [3.63, 3.8) is 0 Å². The number of hydrogen-bond acceptors (Lipinski definition) is 5. The Kier molecular flexibility index (Phi) is 4.88. The van der Waals surface area contributed by atoms with E-state index in [4.69, 9.17) is 0 Å². The van der Waals surface area contributed by atoms with Crippen molar-refractivity contribution in [1.82, 2.24) is 9.97 Å². The van der Waals surface area contributed by atoms with E-state index in [9.17, 15) is 8.42 Å². The van der Waals surface area contributed by atoms with Crippen LogP contribution in [-0.4, -0.2) is 18.4 Å². The highest BCUT2D eigenvalue weighted by atomic mass is 32.2. The standard InChI is InChI=1S/C22H21N3O2S2/c1-13-5-7-17(8-6-13)19-11-28-22-20(19)21(23-12-24-22)25-29(26,27)18-9-14(2)16(4)15(3)10-18/h5-12H,1-4H3,(H,23,24,25). The molecule has 29 heavy (non-hydrogen) atoms. The van der Waals surface area contributed by atoms with Gasteiger partial charge in [0, 0.05) is 10.9 Å². The van der Waals surface area contributed by atoms with E-state index in [2.05, 4.69) is 14.7 Å². The Bertz CT molecular complexity index is 1300. The second-order valence-electron chi connectivity index (χ2n) is 7.21. The Morgan fingerprint density at radius 3 is 2.24 bits per heavy atom. The van der Waals surface area contributed by atoms with E-state index >= 15 is 0 Å². The first-order valence-electron chi connectivity index (χ1n) is 9.16. The van der Waals surface area contributed by atoms with Gasteiger partial charge >= 0.3 is 0 Å². The fourth-order valence-electron chi connectivity index (χ4n) is 3.24. The quantitative estimate of drug-likeness (QED) is 0.477. The third-order valence-electron chi connectivity index (χ3n) is 5.17. The molecule has 0 amide bonds. The van der Waals surface area contributed by atoms with Crippen molar-refractivity contribution in [3.8, 4) is 11.1 Å². The maximum Gasteiger partial charge on any atom is 0.263 e. The van der Waals surface area contributed by atoms with Crippen LogP contribution in [-0.2, 0) is 10.0 Å². The molecular formula is C22H21N3O2S2. The fraction of sp³-hybridized carbons (Fsp3) is 0.182. The average molecular weight is 424 g/mol. The summed E-state index contributed by atoms with van der Waals surface area (Å²) in [5.74, 6) is 0.294. The molecule has 0 atom stereocenters. The average Bonchev–Trinajstić information content (AvgIpc) is 3.11. The maximum absolute atomic E-state index is 13.1. The summed E-state index contributed by atoms with van der Waals surface area (Å²) in [6, 6.07) is 11.5. The minimum Gasteiger partial charge on any atom is -0.263 e. The van der Waals surface area contributed by atoms with Crippen LogP contribution in [0.3, 0.4) is 0 Å². The molecule has 148 valence electrons. The summed E-state index contributed by atoms with van der Waals surface area (Å²) in [5, 5.41) is 2.70. The second kappa shape index (κ2) is 7.24. The van der Waals surface area contributed by atoms with Crippen molar-refractivity contribution in [2.75, 3.05) is 4.72 Å². The molecule has 0 aliphatic carbocycles. The number of thiophene rings is 1. The molecule has 2 heterocycles. The minimum absolute atomic E-state index is 0.233. The van der Waals surface area contributed by atoms with E-state index in [-0.39, 0.29) is 4.90 Å². The number of fused-ring (bicyclic) bond motifs is 1. The van der Waals surface area contributed by atoms with Crippen LogP contribution in [0.25, 0.3) is 21.3 Å². The molecule has 0 spiro atoms. The van der Waals surface area contributed by atoms with Crippen LogP contribution in [0.1, 0.15) is 22.3 Å². The molecule has 2 aromatic carbocycles. The molecule has 0 saturated heterocycles. The lowest BCUT2D eigenvalue weighted by molar-refractivity contribution is 0.601. The molecule has 4 aromatic rings. The Labute approximate surface area is 174 Å². The number of rotatable bonds is 4. The number of aromatic nitrogens is 2. The molecule has 0 saturated carbocycles. The first-order chi connectivity index (χ1) is 13.8. The molecule has 5 nitrogen and oxygen atoms in total. The van der Waals surface area contributed by atoms with Gasteiger partial charge in [-0.1, -0.05) is 29.8 Å². The number of nitrogens with zero attached hydrogens (tertiary/aromatic N) is 2. The van der Waals surface area contributed by atoms with Crippen molar-refractivity contribution in [2.24, 2.45) is 0 Å². The molecule has 7 heteroatoms. The molecule has 0 aliphatic heterocycles. The Balaban J connectivity index is 1.82. The smallest absolute Gasteiger partial charge is 0.263 e. The van der Waals surface area contributed by atoms with Gasteiger partial charge in [-0.2, -0.15) is 0 Å². The van der Waals surface area contributed by atoms with Gasteiger partial charge in [-0.15, -0.1) is 11.3 Å². The highest BCUT2D eigenvalue weighted by Gasteiger charge is 2.21. The number of nitrogens with one attached hydrogen (secondary N) is 1. The first-order valence-corrected chi connectivity index (χ1v) is 11.5. The summed E-state index contributed by atoms with van der Waals surface area (Å²) >= 11 is 1.47. The van der Waals surface area contributed by atoms with Gasteiger partial charge in [0.1, 0.15) is 11.2 Å². The lowest BCUT2D eigenvalue weighted by Crippen LogP contribution is -2.15. The van der Waals surface area contributed by atoms with E-state index in [1.807, 2.05) is 57.3 Å². The van der Waals surface area contributed by atoms with Crippen molar-refractivity contribution in [1.29, 1.82) is 0 Å². The van der Waals surface area contributed by atoms with E-state index in [0.29, 0.717) is 11.2 Å². The van der Waals surface area contributed by atoms with Crippen molar-refractivity contribution in [2.45, 2.75) is 32.6 Å². The SMILES string of the molecule is Cc1ccc(-c2csc3ncnc(NS(=O)(=O)c4cc(C)c(C)c(C)c4)c23)cc1. The predicted octanol–water partition coefficient (Wildman–Crippen LogP) is 5.39. The number of anilines is 1. The predicted molar refractivity (Wildman–Crippen MR) is 119 cm³/mol. The highest BCUT2D eigenvalue weighted by Crippen LogP contribution is 2.37. The van der Waals surface area contributed by atoms with Gasteiger partial charge in [0.25, 0.3) is 10.0 Å². The van der Waals surface area contributed by atoms with E-state index in [1.165, 1.54) is 17.7 Å². The van der Waals surface area contributed by atoms with Gasteiger partial charge in [-0.05, 0) is 62.1 Å². The fourth-order valence-corrected chi connectivity index (χ4v) is 5.34. The molecular weight excluding hydrogens is 402 g/mol. The van der Waals surface area contributed by atoms with Crippen LogP contribution in [0.2, 0.25) is 0 Å². The molecule has 1 N–H and O–H groups in total. The van der Waals surface area contributed by atoms with Crippen LogP contribution < -0.4 is 4.72 Å². The monoisotopic (exact) mass is 423 g/mol. The molecule has 0 radical (unpaired) electrons. The zero-order valence-electron chi connectivity index (χ0n) is 16.6. The van der Waals surface area contributed by atoms with Crippen LogP contribution in [0.15, 0.2) is 53.0 Å². The number of aryl methyl sites for hydroxylation is 3. The van der Waals surface area contributed by atoms with Crippen LogP contribution in [0, 0.1) is 27.7 Å². The van der Waals surface area contributed by atoms with Gasteiger partial charge in [0.15, 0.2) is 5.82 Å². The molecule has 0 unspecified atom stereocenters. The summed E-state index contributed by atoms with van der Waals surface area (Å²) in [6.07, 6.45) is 1.39. The summed E-state index contributed by atoms with van der Waals surface area (Å²) < 4.78 is 28.9. The Morgan fingerprint density at radius 2 is 1.59 bits per heavy atom. The largest absolute Gasteiger partial charge is 0.263 e. The lowest BCUT2D eigenvalue weighted by Gasteiger charge is -2.12. The molecule has 2 aromatic heterocycles. The van der Waals surface area contributed by atoms with Crippen molar-refractivity contribution < 1.29 is 8.42 Å². The normalized spacial score (nSPS) is 11.7. The Morgan fingerprint density at radius 1 is 0.931 bits per heavy atom.